The lowest BCUT2D eigenvalue weighted by Gasteiger charge is -2.37. The Bertz CT molecular complexity index is 508. The van der Waals surface area contributed by atoms with Crippen LogP contribution in [0.15, 0.2) is 22.7 Å². The molecule has 2 unspecified atom stereocenters. The largest absolute Gasteiger partial charge is 0.374 e. The molecule has 1 amide bonds. The molecule has 1 aliphatic carbocycles. The maximum Gasteiger partial charge on any atom is 0.255 e. The maximum atomic E-state index is 13.5. The zero-order chi connectivity index (χ0) is 13.4. The van der Waals surface area contributed by atoms with E-state index in [1.54, 1.807) is 12.1 Å². The van der Waals surface area contributed by atoms with Gasteiger partial charge in [-0.05, 0) is 47.3 Å². The molecule has 2 atom stereocenters. The quantitative estimate of drug-likeness (QED) is 0.793. The average Bonchev–Trinajstić information content (AvgIpc) is 2.89. The van der Waals surface area contributed by atoms with E-state index in [0.717, 1.165) is 19.3 Å². The number of amides is 1. The van der Waals surface area contributed by atoms with Gasteiger partial charge in [0.15, 0.2) is 0 Å². The first-order valence-corrected chi connectivity index (χ1v) is 7.34. The van der Waals surface area contributed by atoms with E-state index in [1.807, 2.05) is 4.90 Å². The van der Waals surface area contributed by atoms with Gasteiger partial charge in [0.25, 0.3) is 5.91 Å². The molecular formula is C14H15BrFNO2. The van der Waals surface area contributed by atoms with Crippen LogP contribution in [0.3, 0.4) is 0 Å². The number of ether oxygens (including phenoxy) is 1. The third-order valence-corrected chi connectivity index (χ3v) is 4.73. The standard InChI is InChI=1S/C14H15BrFNO2/c15-13-9(3-1-4-10(13)16)14(18)17-7-8-19-12-6-2-5-11(12)17/h1,3-4,11-12H,2,5-8H2. The molecule has 2 aliphatic rings. The first-order chi connectivity index (χ1) is 9.18. The number of nitrogens with zero attached hydrogens (tertiary/aromatic N) is 1. The summed E-state index contributed by atoms with van der Waals surface area (Å²) >= 11 is 3.17. The molecule has 0 spiro atoms. The van der Waals surface area contributed by atoms with Crippen molar-refractivity contribution in [3.8, 4) is 0 Å². The van der Waals surface area contributed by atoms with E-state index in [9.17, 15) is 9.18 Å². The normalized spacial score (nSPS) is 26.3. The van der Waals surface area contributed by atoms with E-state index < -0.39 is 5.82 Å². The van der Waals surface area contributed by atoms with Crippen LogP contribution in [0, 0.1) is 5.82 Å². The van der Waals surface area contributed by atoms with Crippen molar-refractivity contribution >= 4 is 21.8 Å². The molecule has 0 radical (unpaired) electrons. The molecule has 1 saturated heterocycles. The molecule has 3 rings (SSSR count). The van der Waals surface area contributed by atoms with Crippen LogP contribution in [-0.2, 0) is 4.74 Å². The average molecular weight is 328 g/mol. The van der Waals surface area contributed by atoms with Crippen LogP contribution < -0.4 is 0 Å². The van der Waals surface area contributed by atoms with Crippen LogP contribution in [0.2, 0.25) is 0 Å². The minimum Gasteiger partial charge on any atom is -0.374 e. The van der Waals surface area contributed by atoms with Gasteiger partial charge in [0.1, 0.15) is 5.82 Å². The SMILES string of the molecule is O=C(c1cccc(F)c1Br)N1CCOC2CCCC21. The van der Waals surface area contributed by atoms with E-state index in [2.05, 4.69) is 15.9 Å². The maximum absolute atomic E-state index is 13.5. The Hall–Kier alpha value is -0.940. The molecule has 102 valence electrons. The lowest BCUT2D eigenvalue weighted by Crippen LogP contribution is -2.51. The summed E-state index contributed by atoms with van der Waals surface area (Å²) in [4.78, 5) is 14.4. The molecule has 1 heterocycles. The van der Waals surface area contributed by atoms with Crippen molar-refractivity contribution in [2.75, 3.05) is 13.2 Å². The Balaban J connectivity index is 1.88. The van der Waals surface area contributed by atoms with Crippen LogP contribution in [0.4, 0.5) is 4.39 Å². The van der Waals surface area contributed by atoms with Crippen molar-refractivity contribution < 1.29 is 13.9 Å². The Morgan fingerprint density at radius 2 is 2.26 bits per heavy atom. The van der Waals surface area contributed by atoms with Gasteiger partial charge in [-0.15, -0.1) is 0 Å². The summed E-state index contributed by atoms with van der Waals surface area (Å²) < 4.78 is 19.5. The van der Waals surface area contributed by atoms with Gasteiger partial charge < -0.3 is 9.64 Å². The van der Waals surface area contributed by atoms with Crippen molar-refractivity contribution in [1.82, 2.24) is 4.90 Å². The number of carbonyl (C=O) groups excluding carboxylic acids is 1. The van der Waals surface area contributed by atoms with Crippen LogP contribution in [0.25, 0.3) is 0 Å². The number of morpholine rings is 1. The highest BCUT2D eigenvalue weighted by Gasteiger charge is 2.39. The molecule has 19 heavy (non-hydrogen) atoms. The van der Waals surface area contributed by atoms with Crippen molar-refractivity contribution in [3.63, 3.8) is 0 Å². The highest BCUT2D eigenvalue weighted by Crippen LogP contribution is 2.32. The van der Waals surface area contributed by atoms with E-state index in [-0.39, 0.29) is 22.5 Å². The highest BCUT2D eigenvalue weighted by molar-refractivity contribution is 9.10. The molecule has 0 bridgehead atoms. The van der Waals surface area contributed by atoms with E-state index in [1.165, 1.54) is 6.07 Å². The molecule has 1 aliphatic heterocycles. The minimum atomic E-state index is -0.401. The predicted molar refractivity (Wildman–Crippen MR) is 72.5 cm³/mol. The Morgan fingerprint density at radius 3 is 3.11 bits per heavy atom. The smallest absolute Gasteiger partial charge is 0.255 e. The van der Waals surface area contributed by atoms with Crippen molar-refractivity contribution in [2.24, 2.45) is 0 Å². The first kappa shape index (κ1) is 13.1. The third-order valence-electron chi connectivity index (χ3n) is 3.93. The Kier molecular flexibility index (Phi) is 3.58. The summed E-state index contributed by atoms with van der Waals surface area (Å²) in [5, 5.41) is 0. The minimum absolute atomic E-state index is 0.105. The summed E-state index contributed by atoms with van der Waals surface area (Å²) in [5.41, 5.74) is 0.396. The van der Waals surface area contributed by atoms with Crippen LogP contribution >= 0.6 is 15.9 Å². The number of fused-ring (bicyclic) bond motifs is 1. The summed E-state index contributed by atoms with van der Waals surface area (Å²) in [7, 11) is 0. The zero-order valence-electron chi connectivity index (χ0n) is 10.4. The fourth-order valence-corrected chi connectivity index (χ4v) is 3.44. The molecule has 2 fully saturated rings. The Labute approximate surface area is 119 Å². The number of carbonyl (C=O) groups is 1. The Morgan fingerprint density at radius 1 is 1.42 bits per heavy atom. The fourth-order valence-electron chi connectivity index (χ4n) is 3.00. The summed E-state index contributed by atoms with van der Waals surface area (Å²) in [5.74, 6) is -0.506. The van der Waals surface area contributed by atoms with Gasteiger partial charge in [-0.25, -0.2) is 4.39 Å². The third kappa shape index (κ3) is 2.30. The highest BCUT2D eigenvalue weighted by atomic mass is 79.9. The summed E-state index contributed by atoms with van der Waals surface area (Å²) in [6, 6.07) is 4.73. The van der Waals surface area contributed by atoms with Crippen LogP contribution in [0.5, 0.6) is 0 Å². The van der Waals surface area contributed by atoms with Gasteiger partial charge in [0, 0.05) is 6.54 Å². The second kappa shape index (κ2) is 5.21. The van der Waals surface area contributed by atoms with Crippen molar-refractivity contribution in [3.05, 3.63) is 34.1 Å². The molecule has 3 nitrogen and oxygen atoms in total. The lowest BCUT2D eigenvalue weighted by atomic mass is 10.1. The summed E-state index contributed by atoms with van der Waals surface area (Å²) in [6.07, 6.45) is 3.23. The molecule has 1 aromatic carbocycles. The molecule has 1 aromatic rings. The number of benzene rings is 1. The molecule has 5 heteroatoms. The van der Waals surface area contributed by atoms with Crippen LogP contribution in [0.1, 0.15) is 29.6 Å². The number of hydrogen-bond acceptors (Lipinski definition) is 2. The first-order valence-electron chi connectivity index (χ1n) is 6.55. The van der Waals surface area contributed by atoms with Gasteiger partial charge in [-0.3, -0.25) is 4.79 Å². The van der Waals surface area contributed by atoms with Gasteiger partial charge >= 0.3 is 0 Å². The fraction of sp³-hybridized carbons (Fsp3) is 0.500. The van der Waals surface area contributed by atoms with Crippen molar-refractivity contribution in [1.29, 1.82) is 0 Å². The number of hydrogen-bond donors (Lipinski definition) is 0. The van der Waals surface area contributed by atoms with E-state index >= 15 is 0 Å². The number of rotatable bonds is 1. The predicted octanol–water partition coefficient (Wildman–Crippen LogP) is 2.98. The van der Waals surface area contributed by atoms with E-state index in [0.29, 0.717) is 18.7 Å². The van der Waals surface area contributed by atoms with Crippen molar-refractivity contribution in [2.45, 2.75) is 31.4 Å². The molecule has 0 aromatic heterocycles. The molecular weight excluding hydrogens is 313 g/mol. The van der Waals surface area contributed by atoms with E-state index in [4.69, 9.17) is 4.74 Å². The second-order valence-corrected chi connectivity index (χ2v) is 5.80. The molecule has 1 saturated carbocycles. The van der Waals surface area contributed by atoms with Gasteiger partial charge in [0.2, 0.25) is 0 Å². The zero-order valence-corrected chi connectivity index (χ0v) is 12.0. The van der Waals surface area contributed by atoms with Gasteiger partial charge in [-0.2, -0.15) is 0 Å². The topological polar surface area (TPSA) is 29.5 Å². The van der Waals surface area contributed by atoms with Gasteiger partial charge in [-0.1, -0.05) is 6.07 Å². The monoisotopic (exact) mass is 327 g/mol. The van der Waals surface area contributed by atoms with Crippen LogP contribution in [-0.4, -0.2) is 36.1 Å². The van der Waals surface area contributed by atoms with Gasteiger partial charge in [0.05, 0.1) is 28.8 Å². The second-order valence-electron chi connectivity index (χ2n) is 5.01. The summed E-state index contributed by atoms with van der Waals surface area (Å²) in [6.45, 7) is 1.16. The molecule has 0 N–H and O–H groups in total. The lowest BCUT2D eigenvalue weighted by molar-refractivity contribution is -0.0445. The number of halogens is 2.